The van der Waals surface area contributed by atoms with Crippen molar-refractivity contribution in [3.05, 3.63) is 24.0 Å². The van der Waals surface area contributed by atoms with Crippen LogP contribution in [-0.4, -0.2) is 54.4 Å². The summed E-state index contributed by atoms with van der Waals surface area (Å²) in [7, 11) is 0. The maximum atomic E-state index is 14.8. The minimum atomic E-state index is -0.890. The van der Waals surface area contributed by atoms with Gasteiger partial charge in [0.15, 0.2) is 0 Å². The first-order valence-electron chi connectivity index (χ1n) is 9.82. The Hall–Kier alpha value is -1.96. The van der Waals surface area contributed by atoms with Gasteiger partial charge < -0.3 is 14.7 Å². The Morgan fingerprint density at radius 2 is 2.07 bits per heavy atom. The van der Waals surface area contributed by atoms with Crippen molar-refractivity contribution in [3.8, 4) is 0 Å². The first-order valence-corrected chi connectivity index (χ1v) is 11.0. The fourth-order valence-electron chi connectivity index (χ4n) is 3.70. The summed E-state index contributed by atoms with van der Waals surface area (Å²) in [6.45, 7) is 3.68. The van der Waals surface area contributed by atoms with Gasteiger partial charge in [0.1, 0.15) is 11.9 Å². The van der Waals surface area contributed by atoms with Crippen LogP contribution in [0.25, 0.3) is 0 Å². The lowest BCUT2D eigenvalue weighted by Gasteiger charge is -2.27. The summed E-state index contributed by atoms with van der Waals surface area (Å²) in [4.78, 5) is 26.9. The molecular weight excluding hydrogens is 383 g/mol. The van der Waals surface area contributed by atoms with Gasteiger partial charge in [-0.25, -0.2) is 9.18 Å². The molecule has 0 aliphatic carbocycles. The van der Waals surface area contributed by atoms with Crippen LogP contribution in [0.3, 0.4) is 0 Å². The lowest BCUT2D eigenvalue weighted by atomic mass is 9.99. The second-order valence-corrected chi connectivity index (χ2v) is 8.46. The number of thioether (sulfide) groups is 1. The fourth-order valence-corrected chi connectivity index (χ4v) is 4.57. The van der Waals surface area contributed by atoms with E-state index in [9.17, 15) is 19.1 Å². The molecule has 1 amide bonds. The highest BCUT2D eigenvalue weighted by molar-refractivity contribution is 7.99. The minimum absolute atomic E-state index is 0.238. The number of carboxylic acid groups (broad SMARTS) is 1. The Labute approximate surface area is 169 Å². The number of benzene rings is 1. The number of amides is 1. The Morgan fingerprint density at radius 1 is 1.36 bits per heavy atom. The van der Waals surface area contributed by atoms with Gasteiger partial charge >= 0.3 is 12.1 Å². The number of halogens is 1. The van der Waals surface area contributed by atoms with Crippen LogP contribution in [0.1, 0.15) is 32.6 Å². The summed E-state index contributed by atoms with van der Waals surface area (Å²) in [6.07, 6.45) is 1.73. The summed E-state index contributed by atoms with van der Waals surface area (Å²) < 4.78 is 20.1. The Bertz CT molecular complexity index is 709. The first-order chi connectivity index (χ1) is 13.5. The third-order valence-corrected chi connectivity index (χ3v) is 6.44. The van der Waals surface area contributed by atoms with Gasteiger partial charge in [0.2, 0.25) is 0 Å². The van der Waals surface area contributed by atoms with Crippen LogP contribution in [0.2, 0.25) is 0 Å². The van der Waals surface area contributed by atoms with Crippen LogP contribution in [-0.2, 0) is 9.53 Å². The molecule has 6 nitrogen and oxygen atoms in total. The van der Waals surface area contributed by atoms with Gasteiger partial charge in [-0.1, -0.05) is 6.92 Å². The molecule has 2 fully saturated rings. The number of cyclic esters (lactones) is 1. The van der Waals surface area contributed by atoms with Crippen molar-refractivity contribution in [1.29, 1.82) is 0 Å². The van der Waals surface area contributed by atoms with Crippen molar-refractivity contribution < 1.29 is 23.8 Å². The van der Waals surface area contributed by atoms with Crippen LogP contribution in [0, 0.1) is 11.7 Å². The molecule has 0 spiro atoms. The number of carbonyl (C=O) groups excluding carboxylic acids is 1. The predicted octanol–water partition coefficient (Wildman–Crippen LogP) is 3.99. The summed E-state index contributed by atoms with van der Waals surface area (Å²) in [5, 5.41) is 9.20. The zero-order chi connectivity index (χ0) is 20.1. The number of anilines is 2. The van der Waals surface area contributed by atoms with E-state index in [1.807, 2.05) is 11.8 Å². The summed E-state index contributed by atoms with van der Waals surface area (Å²) in [5.41, 5.74) is 1.01. The zero-order valence-corrected chi connectivity index (χ0v) is 16.9. The van der Waals surface area contributed by atoms with Gasteiger partial charge in [0.25, 0.3) is 0 Å². The van der Waals surface area contributed by atoms with Crippen LogP contribution < -0.4 is 9.80 Å². The molecule has 1 aromatic rings. The van der Waals surface area contributed by atoms with Crippen LogP contribution in [0.15, 0.2) is 18.2 Å². The molecule has 154 valence electrons. The van der Waals surface area contributed by atoms with Crippen molar-refractivity contribution in [2.75, 3.05) is 40.9 Å². The molecule has 2 saturated heterocycles. The minimum Gasteiger partial charge on any atom is -0.481 e. The van der Waals surface area contributed by atoms with E-state index in [0.29, 0.717) is 17.8 Å². The van der Waals surface area contributed by atoms with Crippen LogP contribution in [0.5, 0.6) is 0 Å². The Kier molecular flexibility index (Phi) is 7.04. The van der Waals surface area contributed by atoms with E-state index in [2.05, 4.69) is 4.90 Å². The SMILES string of the molecule is CC[C@H](CC1CN(c2ccc(N3CCCSCCC3)c(F)c2)C(=O)O1)C(=O)O. The maximum Gasteiger partial charge on any atom is 0.414 e. The number of carbonyl (C=O) groups is 2. The molecule has 8 heteroatoms. The van der Waals surface area contributed by atoms with E-state index in [1.54, 1.807) is 19.1 Å². The molecule has 28 heavy (non-hydrogen) atoms. The van der Waals surface area contributed by atoms with E-state index in [1.165, 1.54) is 11.0 Å². The van der Waals surface area contributed by atoms with Crippen molar-refractivity contribution in [2.24, 2.45) is 5.92 Å². The highest BCUT2D eigenvalue weighted by Gasteiger charge is 2.35. The monoisotopic (exact) mass is 410 g/mol. The van der Waals surface area contributed by atoms with Crippen molar-refractivity contribution in [1.82, 2.24) is 0 Å². The topological polar surface area (TPSA) is 70.1 Å². The lowest BCUT2D eigenvalue weighted by molar-refractivity contribution is -0.142. The predicted molar refractivity (Wildman–Crippen MR) is 109 cm³/mol. The van der Waals surface area contributed by atoms with E-state index in [-0.39, 0.29) is 18.8 Å². The fraction of sp³-hybridized carbons (Fsp3) is 0.600. The van der Waals surface area contributed by atoms with Crippen LogP contribution in [0.4, 0.5) is 20.6 Å². The molecule has 1 aromatic carbocycles. The molecular formula is C20H27FN2O4S. The quantitative estimate of drug-likeness (QED) is 0.765. The van der Waals surface area contributed by atoms with Gasteiger partial charge in [-0.2, -0.15) is 11.8 Å². The molecule has 2 atom stereocenters. The van der Waals surface area contributed by atoms with E-state index in [4.69, 9.17) is 4.74 Å². The molecule has 0 saturated carbocycles. The van der Waals surface area contributed by atoms with Gasteiger partial charge in [-0.3, -0.25) is 9.69 Å². The first kappa shape index (κ1) is 20.8. The van der Waals surface area contributed by atoms with E-state index in [0.717, 1.165) is 37.4 Å². The third kappa shape index (κ3) is 4.90. The molecule has 1 unspecified atom stereocenters. The average Bonchev–Trinajstić information content (AvgIpc) is 3.00. The number of rotatable bonds is 6. The zero-order valence-electron chi connectivity index (χ0n) is 16.1. The summed E-state index contributed by atoms with van der Waals surface area (Å²) in [5.74, 6) is 0.388. The molecule has 0 bridgehead atoms. The molecule has 0 aromatic heterocycles. The van der Waals surface area contributed by atoms with Crippen molar-refractivity contribution >= 4 is 35.2 Å². The molecule has 2 heterocycles. The highest BCUT2D eigenvalue weighted by atomic mass is 32.2. The van der Waals surface area contributed by atoms with Gasteiger partial charge in [0.05, 0.1) is 23.8 Å². The second-order valence-electron chi connectivity index (χ2n) is 7.24. The Morgan fingerprint density at radius 3 is 2.68 bits per heavy atom. The largest absolute Gasteiger partial charge is 0.481 e. The molecule has 1 N–H and O–H groups in total. The normalized spacial score (nSPS) is 21.8. The smallest absolute Gasteiger partial charge is 0.414 e. The number of hydrogen-bond donors (Lipinski definition) is 1. The third-order valence-electron chi connectivity index (χ3n) is 5.28. The molecule has 0 radical (unpaired) electrons. The lowest BCUT2D eigenvalue weighted by Crippen LogP contribution is -2.29. The maximum absolute atomic E-state index is 14.8. The standard InChI is InChI=1S/C20H27FN2O4S/c1-2-14(19(24)25)11-16-13-23(20(26)27-16)15-5-6-18(17(21)12-15)22-7-3-9-28-10-4-8-22/h5-6,12,14,16H,2-4,7-11,13H2,1H3,(H,24,25)/t14-,16?/m1/s1. The Balaban J connectivity index is 1.69. The number of aliphatic carboxylic acids is 1. The molecule has 3 rings (SSSR count). The number of hydrogen-bond acceptors (Lipinski definition) is 5. The molecule has 2 aliphatic rings. The van der Waals surface area contributed by atoms with Crippen LogP contribution >= 0.6 is 11.8 Å². The van der Waals surface area contributed by atoms with E-state index >= 15 is 0 Å². The van der Waals surface area contributed by atoms with Gasteiger partial charge in [-0.05, 0) is 55.4 Å². The molecule has 2 aliphatic heterocycles. The average molecular weight is 411 g/mol. The number of nitrogens with zero attached hydrogens (tertiary/aromatic N) is 2. The highest BCUT2D eigenvalue weighted by Crippen LogP contribution is 2.30. The van der Waals surface area contributed by atoms with Crippen molar-refractivity contribution in [3.63, 3.8) is 0 Å². The van der Waals surface area contributed by atoms with E-state index < -0.39 is 24.1 Å². The number of ether oxygens (including phenoxy) is 1. The van der Waals surface area contributed by atoms with Gasteiger partial charge in [0, 0.05) is 13.1 Å². The number of carboxylic acids is 1. The summed E-state index contributed by atoms with van der Waals surface area (Å²) in [6, 6.07) is 4.84. The summed E-state index contributed by atoms with van der Waals surface area (Å²) >= 11 is 1.94. The van der Waals surface area contributed by atoms with Crippen molar-refractivity contribution in [2.45, 2.75) is 38.7 Å². The second kappa shape index (κ2) is 9.49. The van der Waals surface area contributed by atoms with Gasteiger partial charge in [-0.15, -0.1) is 0 Å².